The van der Waals surface area contributed by atoms with Crippen molar-refractivity contribution in [3.8, 4) is 0 Å². The highest BCUT2D eigenvalue weighted by molar-refractivity contribution is 5.97. The maximum atomic E-state index is 12.2. The molecule has 1 fully saturated rings. The van der Waals surface area contributed by atoms with Crippen LogP contribution in [0.4, 0.5) is 4.79 Å². The maximum Gasteiger partial charge on any atom is 0.321 e. The van der Waals surface area contributed by atoms with E-state index in [0.717, 1.165) is 19.4 Å². The Labute approximate surface area is 138 Å². The van der Waals surface area contributed by atoms with Gasteiger partial charge in [-0.25, -0.2) is 4.79 Å². The number of likely N-dealkylation sites (tertiary alicyclic amines) is 1. The molecule has 2 atom stereocenters. The van der Waals surface area contributed by atoms with Crippen LogP contribution in [0.1, 0.15) is 47.5 Å². The summed E-state index contributed by atoms with van der Waals surface area (Å²) in [5.74, 6) is -0.783. The molecule has 0 radical (unpaired) electrons. The summed E-state index contributed by atoms with van der Waals surface area (Å²) >= 11 is 0. The minimum absolute atomic E-state index is 0.206. The Bertz CT molecular complexity index is 445. The maximum absolute atomic E-state index is 12.2. The third kappa shape index (κ3) is 6.56. The first-order valence-corrected chi connectivity index (χ1v) is 8.17. The minimum atomic E-state index is -0.506. The molecule has 7 heteroatoms. The van der Waals surface area contributed by atoms with Crippen molar-refractivity contribution in [2.24, 2.45) is 5.92 Å². The number of imide groups is 1. The Balaban J connectivity index is 2.55. The van der Waals surface area contributed by atoms with Crippen LogP contribution < -0.4 is 10.6 Å². The summed E-state index contributed by atoms with van der Waals surface area (Å²) in [6, 6.07) is -0.980. The molecule has 0 unspecified atom stereocenters. The van der Waals surface area contributed by atoms with Crippen LogP contribution in [-0.2, 0) is 14.3 Å². The molecule has 1 aliphatic heterocycles. The zero-order chi connectivity index (χ0) is 17.6. The zero-order valence-electron chi connectivity index (χ0n) is 14.8. The molecular weight excluding hydrogens is 298 g/mol. The molecule has 0 aromatic heterocycles. The van der Waals surface area contributed by atoms with Crippen molar-refractivity contribution >= 4 is 17.9 Å². The Morgan fingerprint density at radius 3 is 2.52 bits per heavy atom. The van der Waals surface area contributed by atoms with E-state index < -0.39 is 17.6 Å². The molecule has 0 aliphatic carbocycles. The third-order valence-corrected chi connectivity index (χ3v) is 3.73. The highest BCUT2D eigenvalue weighted by atomic mass is 16.5. The van der Waals surface area contributed by atoms with Gasteiger partial charge in [-0.3, -0.25) is 19.8 Å². The van der Waals surface area contributed by atoms with Gasteiger partial charge in [0.25, 0.3) is 0 Å². The van der Waals surface area contributed by atoms with Crippen molar-refractivity contribution in [3.05, 3.63) is 0 Å². The van der Waals surface area contributed by atoms with Crippen LogP contribution in [0.15, 0.2) is 0 Å². The van der Waals surface area contributed by atoms with Crippen LogP contribution in [0.5, 0.6) is 0 Å². The van der Waals surface area contributed by atoms with Crippen molar-refractivity contribution in [1.29, 1.82) is 0 Å². The molecule has 0 aromatic carbocycles. The smallest absolute Gasteiger partial charge is 0.321 e. The molecule has 3 amide bonds. The molecule has 1 aliphatic rings. The summed E-state index contributed by atoms with van der Waals surface area (Å²) in [5.41, 5.74) is -0.409. The van der Waals surface area contributed by atoms with Gasteiger partial charge in [0.1, 0.15) is 0 Å². The number of hydrogen-bond donors (Lipinski definition) is 2. The van der Waals surface area contributed by atoms with Crippen LogP contribution in [0.25, 0.3) is 0 Å². The van der Waals surface area contributed by atoms with Crippen molar-refractivity contribution in [1.82, 2.24) is 15.5 Å². The van der Waals surface area contributed by atoms with Gasteiger partial charge in [0.15, 0.2) is 0 Å². The third-order valence-electron chi connectivity index (χ3n) is 3.73. The Morgan fingerprint density at radius 1 is 1.30 bits per heavy atom. The van der Waals surface area contributed by atoms with Gasteiger partial charge in [-0.2, -0.15) is 0 Å². The number of carbonyl (C=O) groups excluding carboxylic acids is 3. The summed E-state index contributed by atoms with van der Waals surface area (Å²) in [5, 5.41) is 5.04. The first kappa shape index (κ1) is 19.4. The monoisotopic (exact) mass is 327 g/mol. The van der Waals surface area contributed by atoms with Crippen molar-refractivity contribution in [2.45, 2.75) is 59.0 Å². The number of ether oxygens (including phenoxy) is 1. The van der Waals surface area contributed by atoms with Crippen LogP contribution in [0.2, 0.25) is 0 Å². The molecular formula is C16H29N3O4. The average Bonchev–Trinajstić information content (AvgIpc) is 2.44. The van der Waals surface area contributed by atoms with Gasteiger partial charge >= 0.3 is 12.0 Å². The predicted octanol–water partition coefficient (Wildman–Crippen LogP) is 1.27. The van der Waals surface area contributed by atoms with Gasteiger partial charge < -0.3 is 10.1 Å². The van der Waals surface area contributed by atoms with E-state index in [4.69, 9.17) is 4.74 Å². The van der Waals surface area contributed by atoms with Crippen LogP contribution in [0.3, 0.4) is 0 Å². The fourth-order valence-electron chi connectivity index (χ4n) is 2.56. The van der Waals surface area contributed by atoms with Gasteiger partial charge in [-0.15, -0.1) is 0 Å². The van der Waals surface area contributed by atoms with Gasteiger partial charge in [0.2, 0.25) is 5.91 Å². The van der Waals surface area contributed by atoms with Crippen molar-refractivity contribution < 1.29 is 19.1 Å². The van der Waals surface area contributed by atoms with E-state index >= 15 is 0 Å². The second-order valence-electron chi connectivity index (χ2n) is 6.96. The number of rotatable bonds is 4. The number of hydrogen-bond acceptors (Lipinski definition) is 5. The standard InChI is InChI=1S/C16H29N3O4/c1-6-23-14(21)12-8-7-9-19(10-12)11(2)13(20)17-15(22)18-16(3,4)5/h11-12H,6-10H2,1-5H3,(H2,17,18,20,22)/t11-,12-/m1/s1. The number of esters is 1. The highest BCUT2D eigenvalue weighted by Crippen LogP contribution is 2.20. The number of piperidine rings is 1. The fraction of sp³-hybridized carbons (Fsp3) is 0.812. The lowest BCUT2D eigenvalue weighted by molar-refractivity contribution is -0.151. The molecule has 7 nitrogen and oxygen atoms in total. The normalized spacial score (nSPS) is 20.5. The van der Waals surface area contributed by atoms with Gasteiger partial charge in [0.05, 0.1) is 18.6 Å². The number of nitrogens with zero attached hydrogens (tertiary/aromatic N) is 1. The second kappa shape index (κ2) is 8.29. The molecule has 1 saturated heterocycles. The summed E-state index contributed by atoms with van der Waals surface area (Å²) in [6.07, 6.45) is 1.60. The van der Waals surface area contributed by atoms with Crippen molar-refractivity contribution in [3.63, 3.8) is 0 Å². The molecule has 2 N–H and O–H groups in total. The fourth-order valence-corrected chi connectivity index (χ4v) is 2.56. The summed E-state index contributed by atoms with van der Waals surface area (Å²) in [4.78, 5) is 37.8. The predicted molar refractivity (Wildman–Crippen MR) is 86.8 cm³/mol. The molecule has 23 heavy (non-hydrogen) atoms. The van der Waals surface area contributed by atoms with Crippen LogP contribution in [-0.4, -0.2) is 54.1 Å². The van der Waals surface area contributed by atoms with E-state index in [1.807, 2.05) is 25.7 Å². The molecule has 0 spiro atoms. The lowest BCUT2D eigenvalue weighted by Gasteiger charge is -2.35. The lowest BCUT2D eigenvalue weighted by Crippen LogP contribution is -2.55. The van der Waals surface area contributed by atoms with Crippen molar-refractivity contribution in [2.75, 3.05) is 19.7 Å². The van der Waals surface area contributed by atoms with Gasteiger partial charge in [0, 0.05) is 12.1 Å². The minimum Gasteiger partial charge on any atom is -0.466 e. The second-order valence-corrected chi connectivity index (χ2v) is 6.96. The van der Waals surface area contributed by atoms with E-state index in [1.165, 1.54) is 0 Å². The number of nitrogens with one attached hydrogen (secondary N) is 2. The molecule has 132 valence electrons. The van der Waals surface area contributed by atoms with E-state index in [1.54, 1.807) is 13.8 Å². The number of urea groups is 1. The quantitative estimate of drug-likeness (QED) is 0.759. The van der Waals surface area contributed by atoms with E-state index in [2.05, 4.69) is 10.6 Å². The van der Waals surface area contributed by atoms with Crippen LogP contribution >= 0.6 is 0 Å². The average molecular weight is 327 g/mol. The highest BCUT2D eigenvalue weighted by Gasteiger charge is 2.32. The van der Waals surface area contributed by atoms with Gasteiger partial charge in [-0.05, 0) is 54.0 Å². The molecule has 0 bridgehead atoms. The zero-order valence-corrected chi connectivity index (χ0v) is 14.8. The Hall–Kier alpha value is -1.63. The number of carbonyl (C=O) groups is 3. The van der Waals surface area contributed by atoms with E-state index in [0.29, 0.717) is 13.2 Å². The number of amides is 3. The molecule has 0 saturated carbocycles. The molecule has 1 rings (SSSR count). The van der Waals surface area contributed by atoms with Crippen LogP contribution in [0, 0.1) is 5.92 Å². The molecule has 1 heterocycles. The summed E-state index contributed by atoms with van der Waals surface area (Å²) in [6.45, 7) is 10.6. The van der Waals surface area contributed by atoms with Gasteiger partial charge in [-0.1, -0.05) is 0 Å². The lowest BCUT2D eigenvalue weighted by atomic mass is 9.97. The van der Waals surface area contributed by atoms with E-state index in [-0.39, 0.29) is 17.8 Å². The Kier molecular flexibility index (Phi) is 7.00. The molecule has 0 aromatic rings. The largest absolute Gasteiger partial charge is 0.466 e. The van der Waals surface area contributed by atoms with E-state index in [9.17, 15) is 14.4 Å². The SMILES string of the molecule is CCOC(=O)[C@@H]1CCCN([C@H](C)C(=O)NC(=O)NC(C)(C)C)C1. The first-order chi connectivity index (χ1) is 10.6. The summed E-state index contributed by atoms with van der Waals surface area (Å²) in [7, 11) is 0. The Morgan fingerprint density at radius 2 is 1.96 bits per heavy atom. The topological polar surface area (TPSA) is 87.7 Å². The first-order valence-electron chi connectivity index (χ1n) is 8.17. The summed E-state index contributed by atoms with van der Waals surface area (Å²) < 4.78 is 5.06.